The molecule has 1 rings (SSSR count). The predicted octanol–water partition coefficient (Wildman–Crippen LogP) is 1.99. The van der Waals surface area contributed by atoms with Gasteiger partial charge in [-0.3, -0.25) is 4.79 Å². The number of nitrogens with two attached hydrogens (primary N) is 1. The largest absolute Gasteiger partial charge is 0.462 e. The van der Waals surface area contributed by atoms with Crippen LogP contribution in [0.4, 0.5) is 11.4 Å². The van der Waals surface area contributed by atoms with E-state index >= 15 is 0 Å². The second-order valence-electron chi connectivity index (χ2n) is 4.61. The zero-order valence-corrected chi connectivity index (χ0v) is 13.2. The van der Waals surface area contributed by atoms with Gasteiger partial charge in [-0.05, 0) is 19.1 Å². The summed E-state index contributed by atoms with van der Waals surface area (Å²) in [4.78, 5) is 25.0. The standard InChI is InChI=1S/C14H20ClN3O3/c1-4-21-14(20)10-7-9(16)8-11(15)13(10)17-6-5-12(19)18(2)3/h7-8,17H,4-6,16H2,1-3H3. The van der Waals surface area contributed by atoms with Crippen LogP contribution in [0.15, 0.2) is 12.1 Å². The van der Waals surface area contributed by atoms with Crippen LogP contribution < -0.4 is 11.1 Å². The molecule has 0 heterocycles. The molecule has 0 atom stereocenters. The van der Waals surface area contributed by atoms with Crippen LogP contribution in [0.3, 0.4) is 0 Å². The molecule has 0 radical (unpaired) electrons. The minimum Gasteiger partial charge on any atom is -0.462 e. The lowest BCUT2D eigenvalue weighted by Crippen LogP contribution is -2.24. The third-order valence-corrected chi connectivity index (χ3v) is 3.05. The monoisotopic (exact) mass is 313 g/mol. The molecule has 7 heteroatoms. The maximum atomic E-state index is 11.9. The van der Waals surface area contributed by atoms with Gasteiger partial charge in [-0.2, -0.15) is 0 Å². The van der Waals surface area contributed by atoms with Crippen LogP contribution in [-0.2, 0) is 9.53 Å². The molecular formula is C14H20ClN3O3. The number of carbonyl (C=O) groups excluding carboxylic acids is 2. The molecule has 6 nitrogen and oxygen atoms in total. The molecule has 116 valence electrons. The summed E-state index contributed by atoms with van der Waals surface area (Å²) in [5.41, 5.74) is 6.76. The van der Waals surface area contributed by atoms with Crippen molar-refractivity contribution in [2.24, 2.45) is 0 Å². The summed E-state index contributed by atoms with van der Waals surface area (Å²) >= 11 is 6.11. The van der Waals surface area contributed by atoms with Crippen LogP contribution in [0.25, 0.3) is 0 Å². The molecule has 1 aromatic carbocycles. The first-order chi connectivity index (χ1) is 9.86. The number of hydrogen-bond donors (Lipinski definition) is 2. The first-order valence-electron chi connectivity index (χ1n) is 6.57. The Bertz CT molecular complexity index is 532. The number of nitrogens with one attached hydrogen (secondary N) is 1. The summed E-state index contributed by atoms with van der Waals surface area (Å²) in [6.45, 7) is 2.32. The summed E-state index contributed by atoms with van der Waals surface area (Å²) in [5.74, 6) is -0.528. The Balaban J connectivity index is 2.89. The minimum atomic E-state index is -0.506. The summed E-state index contributed by atoms with van der Waals surface area (Å²) < 4.78 is 4.98. The van der Waals surface area contributed by atoms with Gasteiger partial charge in [0.25, 0.3) is 0 Å². The molecule has 0 bridgehead atoms. The Morgan fingerprint density at radius 2 is 2.05 bits per heavy atom. The quantitative estimate of drug-likeness (QED) is 0.620. The number of hydrogen-bond acceptors (Lipinski definition) is 5. The van der Waals surface area contributed by atoms with Crippen molar-refractivity contribution < 1.29 is 14.3 Å². The van der Waals surface area contributed by atoms with Gasteiger partial charge in [0, 0.05) is 32.7 Å². The maximum absolute atomic E-state index is 11.9. The molecule has 3 N–H and O–H groups in total. The smallest absolute Gasteiger partial charge is 0.340 e. The van der Waals surface area contributed by atoms with Crippen molar-refractivity contribution in [2.45, 2.75) is 13.3 Å². The molecule has 0 saturated heterocycles. The van der Waals surface area contributed by atoms with E-state index in [0.717, 1.165) is 0 Å². The lowest BCUT2D eigenvalue weighted by Gasteiger charge is -2.15. The van der Waals surface area contributed by atoms with Crippen LogP contribution >= 0.6 is 11.6 Å². The highest BCUT2D eigenvalue weighted by molar-refractivity contribution is 6.34. The van der Waals surface area contributed by atoms with Crippen LogP contribution in [0, 0.1) is 0 Å². The molecular weight excluding hydrogens is 294 g/mol. The van der Waals surface area contributed by atoms with Crippen molar-refractivity contribution >= 4 is 34.9 Å². The van der Waals surface area contributed by atoms with Crippen LogP contribution in [0.5, 0.6) is 0 Å². The van der Waals surface area contributed by atoms with Gasteiger partial charge in [0.05, 0.1) is 22.9 Å². The topological polar surface area (TPSA) is 84.7 Å². The first-order valence-corrected chi connectivity index (χ1v) is 6.94. The molecule has 0 aromatic heterocycles. The van der Waals surface area contributed by atoms with Crippen molar-refractivity contribution in [2.75, 3.05) is 38.3 Å². The Labute approximate surface area is 129 Å². The number of amides is 1. The molecule has 0 spiro atoms. The fraction of sp³-hybridized carbons (Fsp3) is 0.429. The summed E-state index contributed by atoms with van der Waals surface area (Å²) in [5, 5.41) is 3.31. The fourth-order valence-electron chi connectivity index (χ4n) is 1.70. The third-order valence-electron chi connectivity index (χ3n) is 2.75. The van der Waals surface area contributed by atoms with E-state index in [9.17, 15) is 9.59 Å². The Morgan fingerprint density at radius 1 is 1.38 bits per heavy atom. The van der Waals surface area contributed by atoms with E-state index in [1.807, 2.05) is 0 Å². The van der Waals surface area contributed by atoms with E-state index in [2.05, 4.69) is 5.32 Å². The van der Waals surface area contributed by atoms with Crippen molar-refractivity contribution in [3.8, 4) is 0 Å². The molecule has 1 aromatic rings. The van der Waals surface area contributed by atoms with Crippen LogP contribution in [0.2, 0.25) is 5.02 Å². The van der Waals surface area contributed by atoms with Gasteiger partial charge in [-0.15, -0.1) is 0 Å². The van der Waals surface area contributed by atoms with E-state index < -0.39 is 5.97 Å². The zero-order valence-electron chi connectivity index (χ0n) is 12.4. The van der Waals surface area contributed by atoms with Gasteiger partial charge < -0.3 is 20.7 Å². The third kappa shape index (κ3) is 4.82. The van der Waals surface area contributed by atoms with E-state index in [-0.39, 0.29) is 24.5 Å². The molecule has 0 aliphatic heterocycles. The highest BCUT2D eigenvalue weighted by Gasteiger charge is 2.17. The second-order valence-corrected chi connectivity index (χ2v) is 5.02. The predicted molar refractivity (Wildman–Crippen MR) is 83.6 cm³/mol. The molecule has 1 amide bonds. The second kappa shape index (κ2) is 7.73. The average molecular weight is 314 g/mol. The average Bonchev–Trinajstić information content (AvgIpc) is 2.40. The van der Waals surface area contributed by atoms with Gasteiger partial charge in [0.2, 0.25) is 5.91 Å². The lowest BCUT2D eigenvalue weighted by molar-refractivity contribution is -0.128. The van der Waals surface area contributed by atoms with E-state index in [0.29, 0.717) is 22.9 Å². The fourth-order valence-corrected chi connectivity index (χ4v) is 1.99. The number of ether oxygens (including phenoxy) is 1. The number of nitrogens with zero attached hydrogens (tertiary/aromatic N) is 1. The Hall–Kier alpha value is -1.95. The Morgan fingerprint density at radius 3 is 2.62 bits per heavy atom. The summed E-state index contributed by atoms with van der Waals surface area (Å²) in [7, 11) is 3.37. The van der Waals surface area contributed by atoms with Gasteiger partial charge in [0.15, 0.2) is 0 Å². The minimum absolute atomic E-state index is 0.0215. The van der Waals surface area contributed by atoms with Crippen LogP contribution in [-0.4, -0.2) is 44.0 Å². The van der Waals surface area contributed by atoms with E-state index in [1.54, 1.807) is 27.1 Å². The molecule has 0 aliphatic rings. The van der Waals surface area contributed by atoms with Gasteiger partial charge in [-0.1, -0.05) is 11.6 Å². The molecule has 0 fully saturated rings. The Kier molecular flexibility index (Phi) is 6.30. The number of carbonyl (C=O) groups is 2. The van der Waals surface area contributed by atoms with Crippen molar-refractivity contribution in [1.29, 1.82) is 0 Å². The van der Waals surface area contributed by atoms with Gasteiger partial charge in [0.1, 0.15) is 0 Å². The van der Waals surface area contributed by atoms with Crippen molar-refractivity contribution in [1.82, 2.24) is 4.90 Å². The number of benzene rings is 1. The number of halogens is 1. The van der Waals surface area contributed by atoms with Gasteiger partial charge in [-0.25, -0.2) is 4.79 Å². The number of anilines is 2. The summed E-state index contributed by atoms with van der Waals surface area (Å²) in [6.07, 6.45) is 0.288. The highest BCUT2D eigenvalue weighted by atomic mass is 35.5. The van der Waals surface area contributed by atoms with E-state index in [4.69, 9.17) is 22.1 Å². The van der Waals surface area contributed by atoms with E-state index in [1.165, 1.54) is 11.0 Å². The molecule has 0 aliphatic carbocycles. The van der Waals surface area contributed by atoms with Crippen molar-refractivity contribution in [3.63, 3.8) is 0 Å². The number of nitrogen functional groups attached to an aromatic ring is 1. The zero-order chi connectivity index (χ0) is 16.0. The molecule has 0 saturated carbocycles. The number of rotatable bonds is 6. The summed E-state index contributed by atoms with van der Waals surface area (Å²) in [6, 6.07) is 3.04. The normalized spacial score (nSPS) is 10.1. The van der Waals surface area contributed by atoms with Crippen molar-refractivity contribution in [3.05, 3.63) is 22.7 Å². The highest BCUT2D eigenvalue weighted by Crippen LogP contribution is 2.29. The maximum Gasteiger partial charge on any atom is 0.340 e. The molecule has 21 heavy (non-hydrogen) atoms. The van der Waals surface area contributed by atoms with Gasteiger partial charge >= 0.3 is 5.97 Å². The lowest BCUT2D eigenvalue weighted by atomic mass is 10.1. The molecule has 0 unspecified atom stereocenters. The van der Waals surface area contributed by atoms with Crippen LogP contribution in [0.1, 0.15) is 23.7 Å². The SMILES string of the molecule is CCOC(=O)c1cc(N)cc(Cl)c1NCCC(=O)N(C)C. The first kappa shape index (κ1) is 17.1. The number of esters is 1.